The quantitative estimate of drug-likeness (QED) is 0.693. The monoisotopic (exact) mass is 265 g/mol. The zero-order valence-corrected chi connectivity index (χ0v) is 12.6. The number of nitrogens with one attached hydrogen (secondary N) is 1. The number of hydrogen-bond acceptors (Lipinski definition) is 3. The Morgan fingerprint density at radius 1 is 1.05 bits per heavy atom. The van der Waals surface area contributed by atoms with E-state index in [-0.39, 0.29) is 6.10 Å². The molecule has 19 heavy (non-hydrogen) atoms. The lowest BCUT2D eigenvalue weighted by molar-refractivity contribution is 0.207. The van der Waals surface area contributed by atoms with Crippen molar-refractivity contribution < 1.29 is 9.47 Å². The molecule has 0 saturated carbocycles. The molecule has 108 valence electrons. The van der Waals surface area contributed by atoms with Gasteiger partial charge in [0.1, 0.15) is 11.5 Å². The van der Waals surface area contributed by atoms with Crippen molar-refractivity contribution in [3.8, 4) is 11.5 Å². The third-order valence-corrected chi connectivity index (χ3v) is 2.91. The highest BCUT2D eigenvalue weighted by Crippen LogP contribution is 2.19. The maximum absolute atomic E-state index is 5.86. The molecule has 0 spiro atoms. The summed E-state index contributed by atoms with van der Waals surface area (Å²) in [5.41, 5.74) is 0. The third kappa shape index (κ3) is 7.06. The molecule has 0 radical (unpaired) electrons. The van der Waals surface area contributed by atoms with E-state index >= 15 is 0 Å². The first kappa shape index (κ1) is 15.8. The van der Waals surface area contributed by atoms with Crippen LogP contribution in [-0.2, 0) is 0 Å². The van der Waals surface area contributed by atoms with Gasteiger partial charge < -0.3 is 14.8 Å². The summed E-state index contributed by atoms with van der Waals surface area (Å²) in [5.74, 6) is 2.48. The van der Waals surface area contributed by atoms with Crippen molar-refractivity contribution in [3.05, 3.63) is 24.3 Å². The zero-order valence-electron chi connectivity index (χ0n) is 12.6. The van der Waals surface area contributed by atoms with Crippen LogP contribution in [0, 0.1) is 5.92 Å². The Balaban J connectivity index is 2.17. The number of ether oxygens (including phenoxy) is 2. The van der Waals surface area contributed by atoms with Crippen LogP contribution in [-0.4, -0.2) is 26.3 Å². The van der Waals surface area contributed by atoms with E-state index in [1.165, 1.54) is 0 Å². The van der Waals surface area contributed by atoms with Crippen molar-refractivity contribution in [2.75, 3.05) is 20.2 Å². The molecule has 0 aliphatic rings. The fraction of sp³-hybridized carbons (Fsp3) is 0.625. The Kier molecular flexibility index (Phi) is 7.34. The predicted octanol–water partition coefficient (Wildman–Crippen LogP) is 3.49. The van der Waals surface area contributed by atoms with Crippen LogP contribution in [0.2, 0.25) is 0 Å². The van der Waals surface area contributed by atoms with Gasteiger partial charge in [0, 0.05) is 0 Å². The summed E-state index contributed by atoms with van der Waals surface area (Å²) >= 11 is 0. The van der Waals surface area contributed by atoms with Crippen LogP contribution in [0.15, 0.2) is 24.3 Å². The molecule has 0 amide bonds. The minimum atomic E-state index is 0.245. The van der Waals surface area contributed by atoms with E-state index in [4.69, 9.17) is 9.47 Å². The topological polar surface area (TPSA) is 30.5 Å². The lowest BCUT2D eigenvalue weighted by Crippen LogP contribution is -2.22. The van der Waals surface area contributed by atoms with Crippen LogP contribution in [0.1, 0.15) is 33.6 Å². The van der Waals surface area contributed by atoms with Gasteiger partial charge in [0.25, 0.3) is 0 Å². The SMILES string of the molecule is COc1ccc(OC(C)CCCNCC(C)C)cc1. The number of methoxy groups -OCH3 is 1. The Bertz CT molecular complexity index is 335. The van der Waals surface area contributed by atoms with E-state index in [9.17, 15) is 0 Å². The molecule has 1 rings (SSSR count). The summed E-state index contributed by atoms with van der Waals surface area (Å²) in [5, 5.41) is 3.45. The number of benzene rings is 1. The first-order valence-corrected chi connectivity index (χ1v) is 7.13. The second-order valence-electron chi connectivity index (χ2n) is 5.34. The summed E-state index contributed by atoms with van der Waals surface area (Å²) in [4.78, 5) is 0. The molecule has 0 aromatic heterocycles. The first-order chi connectivity index (χ1) is 9.11. The molecule has 1 aromatic carbocycles. The van der Waals surface area contributed by atoms with E-state index < -0.39 is 0 Å². The van der Waals surface area contributed by atoms with Gasteiger partial charge in [-0.1, -0.05) is 13.8 Å². The van der Waals surface area contributed by atoms with Crippen molar-refractivity contribution in [1.29, 1.82) is 0 Å². The first-order valence-electron chi connectivity index (χ1n) is 7.13. The summed E-state index contributed by atoms with van der Waals surface area (Å²) in [6.07, 6.45) is 2.45. The molecule has 0 fully saturated rings. The lowest BCUT2D eigenvalue weighted by atomic mass is 10.2. The van der Waals surface area contributed by atoms with E-state index in [2.05, 4.69) is 26.1 Å². The Hall–Kier alpha value is -1.22. The fourth-order valence-corrected chi connectivity index (χ4v) is 1.85. The maximum Gasteiger partial charge on any atom is 0.119 e. The van der Waals surface area contributed by atoms with Crippen molar-refractivity contribution in [2.24, 2.45) is 5.92 Å². The van der Waals surface area contributed by atoms with Crippen LogP contribution < -0.4 is 14.8 Å². The summed E-state index contributed by atoms with van der Waals surface area (Å²) in [6.45, 7) is 8.72. The van der Waals surface area contributed by atoms with E-state index in [0.717, 1.165) is 37.4 Å². The van der Waals surface area contributed by atoms with Crippen LogP contribution >= 0.6 is 0 Å². The van der Waals surface area contributed by atoms with Gasteiger partial charge in [-0.3, -0.25) is 0 Å². The van der Waals surface area contributed by atoms with Gasteiger partial charge in [0.15, 0.2) is 0 Å². The predicted molar refractivity (Wildman–Crippen MR) is 80.0 cm³/mol. The minimum Gasteiger partial charge on any atom is -0.497 e. The van der Waals surface area contributed by atoms with Crippen LogP contribution in [0.3, 0.4) is 0 Å². The highest BCUT2D eigenvalue weighted by atomic mass is 16.5. The van der Waals surface area contributed by atoms with Crippen LogP contribution in [0.25, 0.3) is 0 Å². The van der Waals surface area contributed by atoms with Crippen LogP contribution in [0.5, 0.6) is 11.5 Å². The van der Waals surface area contributed by atoms with Crippen LogP contribution in [0.4, 0.5) is 0 Å². The van der Waals surface area contributed by atoms with E-state index in [1.54, 1.807) is 7.11 Å². The molecule has 1 aromatic rings. The molecule has 0 aliphatic heterocycles. The Morgan fingerprint density at radius 2 is 1.68 bits per heavy atom. The van der Waals surface area contributed by atoms with Crippen molar-refractivity contribution in [2.45, 2.75) is 39.7 Å². The highest BCUT2D eigenvalue weighted by Gasteiger charge is 2.04. The molecule has 0 saturated heterocycles. The van der Waals surface area contributed by atoms with Crippen molar-refractivity contribution in [3.63, 3.8) is 0 Å². The smallest absolute Gasteiger partial charge is 0.119 e. The molecule has 0 heterocycles. The van der Waals surface area contributed by atoms with Gasteiger partial charge in [-0.15, -0.1) is 0 Å². The fourth-order valence-electron chi connectivity index (χ4n) is 1.85. The second-order valence-corrected chi connectivity index (χ2v) is 5.34. The maximum atomic E-state index is 5.86. The minimum absolute atomic E-state index is 0.245. The second kappa shape index (κ2) is 8.81. The van der Waals surface area contributed by atoms with Crippen molar-refractivity contribution in [1.82, 2.24) is 5.32 Å². The molecular weight excluding hydrogens is 238 g/mol. The summed E-state index contributed by atoms with van der Waals surface area (Å²) in [7, 11) is 1.67. The Morgan fingerprint density at radius 3 is 2.26 bits per heavy atom. The van der Waals surface area contributed by atoms with Gasteiger partial charge in [0.05, 0.1) is 13.2 Å². The van der Waals surface area contributed by atoms with Gasteiger partial charge in [-0.2, -0.15) is 0 Å². The number of hydrogen-bond donors (Lipinski definition) is 1. The molecule has 0 aliphatic carbocycles. The van der Waals surface area contributed by atoms with Gasteiger partial charge in [-0.25, -0.2) is 0 Å². The third-order valence-electron chi connectivity index (χ3n) is 2.91. The molecule has 3 heteroatoms. The lowest BCUT2D eigenvalue weighted by Gasteiger charge is -2.15. The highest BCUT2D eigenvalue weighted by molar-refractivity contribution is 5.31. The summed E-state index contributed by atoms with van der Waals surface area (Å²) < 4.78 is 11.0. The van der Waals surface area contributed by atoms with Gasteiger partial charge >= 0.3 is 0 Å². The average Bonchev–Trinajstić information content (AvgIpc) is 2.39. The van der Waals surface area contributed by atoms with Crippen molar-refractivity contribution >= 4 is 0 Å². The molecule has 1 atom stereocenters. The molecule has 1 unspecified atom stereocenters. The largest absolute Gasteiger partial charge is 0.497 e. The van der Waals surface area contributed by atoms with Gasteiger partial charge in [-0.05, 0) is 63.0 Å². The Labute approximate surface area is 117 Å². The molecule has 1 N–H and O–H groups in total. The molecule has 3 nitrogen and oxygen atoms in total. The number of rotatable bonds is 9. The standard InChI is InChI=1S/C16H27NO2/c1-13(2)12-17-11-5-6-14(3)19-16-9-7-15(18-4)8-10-16/h7-10,13-14,17H,5-6,11-12H2,1-4H3. The van der Waals surface area contributed by atoms with Gasteiger partial charge in [0.2, 0.25) is 0 Å². The average molecular weight is 265 g/mol. The summed E-state index contributed by atoms with van der Waals surface area (Å²) in [6, 6.07) is 7.75. The molecular formula is C16H27NO2. The van der Waals surface area contributed by atoms with E-state index in [1.807, 2.05) is 24.3 Å². The van der Waals surface area contributed by atoms with E-state index in [0.29, 0.717) is 5.92 Å². The zero-order chi connectivity index (χ0) is 14.1. The molecule has 0 bridgehead atoms. The normalized spacial score (nSPS) is 12.5.